The van der Waals surface area contributed by atoms with Gasteiger partial charge in [0.15, 0.2) is 34.7 Å². The van der Waals surface area contributed by atoms with Crippen molar-refractivity contribution >= 4 is 34.7 Å². The fourth-order valence-corrected chi connectivity index (χ4v) is 4.40. The predicted molar refractivity (Wildman–Crippen MR) is 191 cm³/mol. The highest BCUT2D eigenvalue weighted by Crippen LogP contribution is 2.23. The van der Waals surface area contributed by atoms with Crippen molar-refractivity contribution in [2.24, 2.45) is 0 Å². The Hall–Kier alpha value is -6.08. The molecule has 248 valence electrons. The summed E-state index contributed by atoms with van der Waals surface area (Å²) in [5.74, 6) is 1.45. The van der Waals surface area contributed by atoms with Crippen molar-refractivity contribution in [2.45, 2.75) is 41.5 Å². The topological polar surface area (TPSA) is 112 Å². The average molecular weight is 655 g/mol. The van der Waals surface area contributed by atoms with Crippen molar-refractivity contribution in [3.05, 3.63) is 155 Å². The van der Waals surface area contributed by atoms with Gasteiger partial charge in [0.05, 0.1) is 0 Å². The molecule has 0 saturated carbocycles. The summed E-state index contributed by atoms with van der Waals surface area (Å²) in [5, 5.41) is 0. The lowest BCUT2D eigenvalue weighted by molar-refractivity contribution is 0.1000. The highest BCUT2D eigenvalue weighted by atomic mass is 16.5. The molecule has 5 aromatic rings. The van der Waals surface area contributed by atoms with Gasteiger partial charge in [-0.15, -0.1) is 0 Å². The Bertz CT molecular complexity index is 1810. The van der Waals surface area contributed by atoms with Crippen molar-refractivity contribution in [1.82, 2.24) is 0 Å². The van der Waals surface area contributed by atoms with E-state index in [0.29, 0.717) is 44.9 Å². The maximum absolute atomic E-state index is 11.2. The van der Waals surface area contributed by atoms with E-state index >= 15 is 0 Å². The molecule has 0 aliphatic carbocycles. The number of carbonyl (C=O) groups is 6. The van der Waals surface area contributed by atoms with Gasteiger partial charge in [0, 0.05) is 33.4 Å². The average Bonchev–Trinajstić information content (AvgIpc) is 3.09. The van der Waals surface area contributed by atoms with E-state index in [-0.39, 0.29) is 34.7 Å². The van der Waals surface area contributed by atoms with Crippen molar-refractivity contribution in [1.29, 1.82) is 0 Å². The number of rotatable bonds is 9. The summed E-state index contributed by atoms with van der Waals surface area (Å²) < 4.78 is 5.63. The van der Waals surface area contributed by atoms with Gasteiger partial charge in [-0.3, -0.25) is 28.8 Å². The highest BCUT2D eigenvalue weighted by molar-refractivity contribution is 5.99. The first-order valence-electron chi connectivity index (χ1n) is 15.5. The van der Waals surface area contributed by atoms with Crippen LogP contribution in [0.1, 0.15) is 104 Å². The van der Waals surface area contributed by atoms with Gasteiger partial charge < -0.3 is 4.74 Å². The number of ketones is 6. The lowest BCUT2D eigenvalue weighted by Crippen LogP contribution is -1.96. The van der Waals surface area contributed by atoms with Crippen molar-refractivity contribution in [3.63, 3.8) is 0 Å². The molecule has 0 atom stereocenters. The second-order valence-electron chi connectivity index (χ2n) is 11.2. The largest absolute Gasteiger partial charge is 0.457 e. The van der Waals surface area contributed by atoms with Crippen LogP contribution in [0.15, 0.2) is 121 Å². The Morgan fingerprint density at radius 1 is 0.327 bits per heavy atom. The molecule has 0 aliphatic heterocycles. The SMILES string of the molecule is CC(=O)c1ccc(-c2ccc(C(C)=O)cc2)cc1.CC(=O)c1ccc(Oc2ccc(C(C)=O)cc2)cc1.CC(=O)c1cccc(C(C)=O)c1. The van der Waals surface area contributed by atoms with Gasteiger partial charge in [0.25, 0.3) is 0 Å². The first-order chi connectivity index (χ1) is 23.2. The molecule has 7 heteroatoms. The zero-order valence-electron chi connectivity index (χ0n) is 28.4. The van der Waals surface area contributed by atoms with Crippen LogP contribution in [0.3, 0.4) is 0 Å². The Morgan fingerprint density at radius 2 is 0.571 bits per heavy atom. The van der Waals surface area contributed by atoms with Gasteiger partial charge in [-0.25, -0.2) is 0 Å². The predicted octanol–water partition coefficient (Wildman–Crippen LogP) is 9.73. The Balaban J connectivity index is 0.000000204. The van der Waals surface area contributed by atoms with Gasteiger partial charge in [0.2, 0.25) is 0 Å². The molecule has 0 N–H and O–H groups in total. The van der Waals surface area contributed by atoms with Gasteiger partial charge in [0.1, 0.15) is 11.5 Å². The number of ether oxygens (including phenoxy) is 1. The molecular formula is C42H38O7. The molecule has 0 saturated heterocycles. The minimum absolute atomic E-state index is 0.0156. The van der Waals surface area contributed by atoms with Crippen LogP contribution in [-0.2, 0) is 0 Å². The molecule has 0 bridgehead atoms. The van der Waals surface area contributed by atoms with Crippen LogP contribution in [0.5, 0.6) is 11.5 Å². The van der Waals surface area contributed by atoms with Gasteiger partial charge in [-0.05, 0) is 107 Å². The molecule has 0 heterocycles. The summed E-state index contributed by atoms with van der Waals surface area (Å²) in [6.07, 6.45) is 0. The van der Waals surface area contributed by atoms with E-state index in [1.165, 1.54) is 27.7 Å². The molecular weight excluding hydrogens is 616 g/mol. The van der Waals surface area contributed by atoms with Crippen LogP contribution >= 0.6 is 0 Å². The van der Waals surface area contributed by atoms with Crippen molar-refractivity contribution in [2.75, 3.05) is 0 Å². The second kappa shape index (κ2) is 17.7. The van der Waals surface area contributed by atoms with E-state index in [9.17, 15) is 28.8 Å². The molecule has 0 amide bonds. The Morgan fingerprint density at radius 3 is 0.816 bits per heavy atom. The van der Waals surface area contributed by atoms with Crippen LogP contribution in [0.2, 0.25) is 0 Å². The van der Waals surface area contributed by atoms with Crippen molar-refractivity contribution < 1.29 is 33.5 Å². The molecule has 49 heavy (non-hydrogen) atoms. The smallest absolute Gasteiger partial charge is 0.159 e. The Kier molecular flexibility index (Phi) is 13.5. The zero-order valence-corrected chi connectivity index (χ0v) is 28.4. The minimum atomic E-state index is -0.0156. The van der Waals surface area contributed by atoms with Crippen LogP contribution in [-0.4, -0.2) is 34.7 Å². The molecule has 5 aromatic carbocycles. The zero-order chi connectivity index (χ0) is 36.1. The number of Topliss-reactive ketones (excluding diaryl/α,β-unsaturated/α-hetero) is 6. The summed E-state index contributed by atoms with van der Waals surface area (Å²) >= 11 is 0. The summed E-state index contributed by atoms with van der Waals surface area (Å²) in [4.78, 5) is 66.5. The quantitative estimate of drug-likeness (QED) is 0.145. The number of carbonyl (C=O) groups excluding carboxylic acids is 6. The molecule has 5 rings (SSSR count). The van der Waals surface area contributed by atoms with E-state index in [4.69, 9.17) is 4.74 Å². The van der Waals surface area contributed by atoms with E-state index in [1.54, 1.807) is 86.6 Å². The molecule has 7 nitrogen and oxygen atoms in total. The number of hydrogen-bond donors (Lipinski definition) is 0. The van der Waals surface area contributed by atoms with E-state index in [0.717, 1.165) is 11.1 Å². The first-order valence-corrected chi connectivity index (χ1v) is 15.5. The number of benzene rings is 5. The third-order valence-corrected chi connectivity index (χ3v) is 7.35. The molecule has 0 fully saturated rings. The van der Waals surface area contributed by atoms with E-state index in [2.05, 4.69) is 0 Å². The molecule has 0 unspecified atom stereocenters. The van der Waals surface area contributed by atoms with Gasteiger partial charge in [-0.1, -0.05) is 66.7 Å². The summed E-state index contributed by atoms with van der Waals surface area (Å²) in [7, 11) is 0. The van der Waals surface area contributed by atoms with Crippen LogP contribution in [0.4, 0.5) is 0 Å². The molecule has 0 aromatic heterocycles. The lowest BCUT2D eigenvalue weighted by atomic mass is 10.0. The van der Waals surface area contributed by atoms with Crippen LogP contribution in [0.25, 0.3) is 11.1 Å². The number of hydrogen-bond acceptors (Lipinski definition) is 7. The maximum atomic E-state index is 11.2. The molecule has 0 aliphatic rings. The second-order valence-corrected chi connectivity index (χ2v) is 11.2. The first kappa shape index (κ1) is 37.4. The summed E-state index contributed by atoms with van der Waals surface area (Å²) in [6, 6.07) is 35.5. The standard InChI is InChI=1S/C16H14O3.C16H14O2.C10H10O2/c1-11(17)13-3-7-15(8-4-13)19-16-9-5-14(6-10-16)12(2)18;1-11(17)13-3-7-15(8-4-13)16-9-5-14(6-10-16)12(2)18;1-7(11)9-4-3-5-10(6-9)8(2)12/h3-10H,1-2H3;3-10H,1-2H3;3-6H,1-2H3. The minimum Gasteiger partial charge on any atom is -0.457 e. The summed E-state index contributed by atoms with van der Waals surface area (Å²) in [5.41, 5.74) is 5.97. The highest BCUT2D eigenvalue weighted by Gasteiger charge is 2.05. The van der Waals surface area contributed by atoms with E-state index < -0.39 is 0 Å². The molecule has 0 spiro atoms. The monoisotopic (exact) mass is 654 g/mol. The van der Waals surface area contributed by atoms with E-state index in [1.807, 2.05) is 48.5 Å². The van der Waals surface area contributed by atoms with Crippen molar-refractivity contribution in [3.8, 4) is 22.6 Å². The van der Waals surface area contributed by atoms with Crippen LogP contribution in [0, 0.1) is 0 Å². The Labute approximate surface area is 286 Å². The molecule has 0 radical (unpaired) electrons. The fourth-order valence-electron chi connectivity index (χ4n) is 4.40. The fraction of sp³-hybridized carbons (Fsp3) is 0.143. The van der Waals surface area contributed by atoms with Gasteiger partial charge in [-0.2, -0.15) is 0 Å². The lowest BCUT2D eigenvalue weighted by Gasteiger charge is -2.06. The third-order valence-electron chi connectivity index (χ3n) is 7.35. The van der Waals surface area contributed by atoms with Gasteiger partial charge >= 0.3 is 0 Å². The van der Waals surface area contributed by atoms with Crippen LogP contribution < -0.4 is 4.74 Å². The third kappa shape index (κ3) is 11.6. The normalized spacial score (nSPS) is 9.92. The summed E-state index contributed by atoms with van der Waals surface area (Å²) in [6.45, 7) is 9.12. The maximum Gasteiger partial charge on any atom is 0.159 e.